The van der Waals surface area contributed by atoms with E-state index in [1.165, 1.54) is 91.9 Å². The molecule has 0 fully saturated rings. The summed E-state index contributed by atoms with van der Waals surface area (Å²) in [6.45, 7) is 0. The van der Waals surface area contributed by atoms with Gasteiger partial charge >= 0.3 is 0 Å². The number of nitrogens with zero attached hydrogens (tertiary/aromatic N) is 1. The molecule has 9 aromatic carbocycles. The van der Waals surface area contributed by atoms with Crippen molar-refractivity contribution in [3.05, 3.63) is 188 Å². The second kappa shape index (κ2) is 11.5. The first-order valence-corrected chi connectivity index (χ1v) is 18.7. The number of rotatable bonds is 5. The zero-order valence-corrected chi connectivity index (χ0v) is 29.1. The third kappa shape index (κ3) is 4.55. The predicted molar refractivity (Wildman–Crippen MR) is 224 cm³/mol. The van der Waals surface area contributed by atoms with E-state index in [0.29, 0.717) is 0 Å². The molecule has 2 heteroatoms. The van der Waals surface area contributed by atoms with E-state index < -0.39 is 0 Å². The Hall–Kier alpha value is -6.48. The number of hydrogen-bond donors (Lipinski definition) is 0. The molecule has 0 spiro atoms. The number of hydrogen-bond acceptors (Lipinski definition) is 2. The highest BCUT2D eigenvalue weighted by atomic mass is 32.1. The van der Waals surface area contributed by atoms with Gasteiger partial charge in [-0.2, -0.15) is 0 Å². The van der Waals surface area contributed by atoms with E-state index in [0.717, 1.165) is 11.4 Å². The predicted octanol–water partition coefficient (Wildman–Crippen LogP) is 14.8. The summed E-state index contributed by atoms with van der Waals surface area (Å²) < 4.78 is 1.32. The topological polar surface area (TPSA) is 3.24 Å². The third-order valence-corrected chi connectivity index (χ3v) is 11.9. The zero-order chi connectivity index (χ0) is 34.2. The van der Waals surface area contributed by atoms with E-state index in [1.807, 2.05) is 11.3 Å². The Morgan fingerprint density at radius 1 is 0.346 bits per heavy atom. The van der Waals surface area contributed by atoms with Crippen LogP contribution in [0.2, 0.25) is 0 Å². The fourth-order valence-corrected chi connectivity index (χ4v) is 9.40. The molecule has 0 saturated heterocycles. The molecule has 1 aromatic heterocycles. The molecule has 0 aliphatic heterocycles. The molecule has 0 N–H and O–H groups in total. The van der Waals surface area contributed by atoms with Gasteiger partial charge in [-0.3, -0.25) is 0 Å². The van der Waals surface area contributed by atoms with Crippen LogP contribution in [-0.2, 0) is 0 Å². The van der Waals surface area contributed by atoms with E-state index in [1.54, 1.807) is 0 Å². The normalized spacial score (nSPS) is 11.8. The molecule has 52 heavy (non-hydrogen) atoms. The fraction of sp³-hybridized carbons (Fsp3) is 0. The van der Waals surface area contributed by atoms with Crippen molar-refractivity contribution < 1.29 is 0 Å². The maximum Gasteiger partial charge on any atom is 0.0540 e. The van der Waals surface area contributed by atoms with Gasteiger partial charge in [-0.25, -0.2) is 0 Å². The molecule has 0 amide bonds. The van der Waals surface area contributed by atoms with Crippen molar-refractivity contribution in [3.63, 3.8) is 0 Å². The molecule has 0 unspecified atom stereocenters. The molecule has 0 radical (unpaired) electrons. The molecule has 242 valence electrons. The Balaban J connectivity index is 1.08. The highest BCUT2D eigenvalue weighted by molar-refractivity contribution is 7.22. The third-order valence-electron chi connectivity index (χ3n) is 10.8. The zero-order valence-electron chi connectivity index (χ0n) is 28.3. The van der Waals surface area contributed by atoms with Crippen molar-refractivity contribution in [2.75, 3.05) is 4.90 Å². The van der Waals surface area contributed by atoms with E-state index in [9.17, 15) is 0 Å². The Labute approximate surface area is 306 Å². The van der Waals surface area contributed by atoms with Gasteiger partial charge in [0.25, 0.3) is 0 Å². The SMILES string of the molecule is c1cc(-c2ccc3c(ccc4ccccc43)c2)cc(N(c2ccc(-c3cc4ccccc4s3)cc2)c2ccc3c4c(cccc24)-c2ccccc2-3)c1. The van der Waals surface area contributed by atoms with Gasteiger partial charge in [0.2, 0.25) is 0 Å². The maximum absolute atomic E-state index is 2.44. The quantitative estimate of drug-likeness (QED) is 0.164. The van der Waals surface area contributed by atoms with Gasteiger partial charge in [0.15, 0.2) is 0 Å². The summed E-state index contributed by atoms with van der Waals surface area (Å²) in [5, 5.41) is 8.97. The number of fused-ring (bicyclic) bond motifs is 7. The van der Waals surface area contributed by atoms with Gasteiger partial charge in [0.1, 0.15) is 0 Å². The standard InChI is InChI=1S/C50H31NS/c1-3-13-40-32(9-1)19-20-36-29-35(23-26-41(36)40)34-11-7-12-39(30-34)51(38-24-21-33(22-25-38)49-31-37-10-2-6-18-48(37)52-49)47-28-27-45-43-15-5-4-14-42(43)44-16-8-17-46(47)50(44)45/h1-31H. The van der Waals surface area contributed by atoms with E-state index in [-0.39, 0.29) is 0 Å². The van der Waals surface area contributed by atoms with Crippen molar-refractivity contribution >= 4 is 70.8 Å². The second-order valence-corrected chi connectivity index (χ2v) is 14.8. The molecule has 0 atom stereocenters. The largest absolute Gasteiger partial charge is 0.310 e. The summed E-state index contributed by atoms with van der Waals surface area (Å²) in [5.41, 5.74) is 12.3. The molecule has 1 aliphatic carbocycles. The van der Waals surface area contributed by atoms with Crippen molar-refractivity contribution in [3.8, 4) is 43.8 Å². The first kappa shape index (κ1) is 29.3. The lowest BCUT2D eigenvalue weighted by molar-refractivity contribution is 1.30. The Morgan fingerprint density at radius 3 is 1.87 bits per heavy atom. The van der Waals surface area contributed by atoms with Crippen LogP contribution < -0.4 is 4.90 Å². The van der Waals surface area contributed by atoms with Crippen LogP contribution in [0.5, 0.6) is 0 Å². The minimum Gasteiger partial charge on any atom is -0.310 e. The second-order valence-electron chi connectivity index (χ2n) is 13.7. The van der Waals surface area contributed by atoms with E-state index in [2.05, 4.69) is 193 Å². The fourth-order valence-electron chi connectivity index (χ4n) is 8.33. The van der Waals surface area contributed by atoms with E-state index >= 15 is 0 Å². The van der Waals surface area contributed by atoms with Gasteiger partial charge in [-0.15, -0.1) is 11.3 Å². The highest BCUT2D eigenvalue weighted by Crippen LogP contribution is 2.51. The van der Waals surface area contributed by atoms with E-state index in [4.69, 9.17) is 0 Å². The first-order chi connectivity index (χ1) is 25.8. The summed E-state index contributed by atoms with van der Waals surface area (Å²) in [7, 11) is 0. The molecule has 0 saturated carbocycles. The molecule has 0 bridgehead atoms. The molecule has 1 heterocycles. The average Bonchev–Trinajstić information content (AvgIpc) is 3.79. The van der Waals surface area contributed by atoms with Crippen molar-refractivity contribution in [2.45, 2.75) is 0 Å². The highest BCUT2D eigenvalue weighted by Gasteiger charge is 2.25. The lowest BCUT2D eigenvalue weighted by Crippen LogP contribution is -2.10. The summed E-state index contributed by atoms with van der Waals surface area (Å²) >= 11 is 1.85. The van der Waals surface area contributed by atoms with Crippen LogP contribution in [0.3, 0.4) is 0 Å². The van der Waals surface area contributed by atoms with Gasteiger partial charge in [-0.1, -0.05) is 140 Å². The monoisotopic (exact) mass is 677 g/mol. The van der Waals surface area contributed by atoms with Crippen LogP contribution in [0.1, 0.15) is 0 Å². The molecule has 10 aromatic rings. The van der Waals surface area contributed by atoms with Crippen LogP contribution in [0, 0.1) is 0 Å². The molecule has 1 aliphatic rings. The number of thiophene rings is 1. The van der Waals surface area contributed by atoms with Crippen LogP contribution in [0.4, 0.5) is 17.1 Å². The van der Waals surface area contributed by atoms with Crippen molar-refractivity contribution in [2.24, 2.45) is 0 Å². The summed E-state index contributed by atoms with van der Waals surface area (Å²) in [5.74, 6) is 0. The first-order valence-electron chi connectivity index (χ1n) is 17.8. The summed E-state index contributed by atoms with van der Waals surface area (Å²) in [6, 6.07) is 69.3. The molecular weight excluding hydrogens is 647 g/mol. The van der Waals surface area contributed by atoms with Gasteiger partial charge in [0.05, 0.1) is 5.69 Å². The Bertz CT molecular complexity index is 2960. The average molecular weight is 678 g/mol. The molecule has 11 rings (SSSR count). The van der Waals surface area contributed by atoms with Crippen LogP contribution in [0.25, 0.3) is 86.2 Å². The van der Waals surface area contributed by atoms with Gasteiger partial charge in [-0.05, 0) is 120 Å². The lowest BCUT2D eigenvalue weighted by Gasteiger charge is -2.28. The van der Waals surface area contributed by atoms with Crippen molar-refractivity contribution in [1.82, 2.24) is 0 Å². The Kier molecular flexibility index (Phi) is 6.49. The smallest absolute Gasteiger partial charge is 0.0540 e. The van der Waals surface area contributed by atoms with Gasteiger partial charge < -0.3 is 4.90 Å². The van der Waals surface area contributed by atoms with Crippen LogP contribution >= 0.6 is 11.3 Å². The minimum atomic E-state index is 1.13. The number of benzene rings is 9. The lowest BCUT2D eigenvalue weighted by atomic mass is 9.97. The van der Waals surface area contributed by atoms with Crippen LogP contribution in [0.15, 0.2) is 188 Å². The Morgan fingerprint density at radius 2 is 1.00 bits per heavy atom. The maximum atomic E-state index is 2.44. The summed E-state index contributed by atoms with van der Waals surface area (Å²) in [4.78, 5) is 3.73. The molecular formula is C50H31NS. The minimum absolute atomic E-state index is 1.13. The number of anilines is 3. The van der Waals surface area contributed by atoms with Gasteiger partial charge in [0, 0.05) is 26.3 Å². The summed E-state index contributed by atoms with van der Waals surface area (Å²) in [6.07, 6.45) is 0. The van der Waals surface area contributed by atoms with Crippen molar-refractivity contribution in [1.29, 1.82) is 0 Å². The van der Waals surface area contributed by atoms with Crippen LogP contribution in [-0.4, -0.2) is 0 Å². The molecule has 1 nitrogen and oxygen atoms in total.